The number of carbonyl (C=O) groups excluding carboxylic acids is 1. The third-order valence-electron chi connectivity index (χ3n) is 2.63. The lowest BCUT2D eigenvalue weighted by Crippen LogP contribution is -2.18. The highest BCUT2D eigenvalue weighted by Crippen LogP contribution is 2.31. The van der Waals surface area contributed by atoms with Crippen LogP contribution < -0.4 is 5.43 Å². The first-order valence-electron chi connectivity index (χ1n) is 5.85. The van der Waals surface area contributed by atoms with Crippen LogP contribution >= 0.6 is 34.8 Å². The third kappa shape index (κ3) is 3.68. The number of carbonyl (C=O) groups is 1. The molecule has 2 N–H and O–H groups in total. The monoisotopic (exact) mass is 360 g/mol. The van der Waals surface area contributed by atoms with Crippen LogP contribution in [-0.2, 0) is 0 Å². The fourth-order valence-corrected chi connectivity index (χ4v) is 2.29. The second kappa shape index (κ2) is 6.96. The van der Waals surface area contributed by atoms with Crippen LogP contribution in [0.1, 0.15) is 15.9 Å². The van der Waals surface area contributed by atoms with E-state index < -0.39 is 17.5 Å². The molecule has 4 nitrogen and oxygen atoms in total. The van der Waals surface area contributed by atoms with Crippen molar-refractivity contribution < 1.29 is 14.3 Å². The number of hydrogen-bond acceptors (Lipinski definition) is 3. The van der Waals surface area contributed by atoms with Crippen molar-refractivity contribution in [2.24, 2.45) is 5.10 Å². The summed E-state index contributed by atoms with van der Waals surface area (Å²) < 4.78 is 13.5. The molecule has 8 heteroatoms. The number of nitrogens with one attached hydrogen (secondary N) is 1. The first-order chi connectivity index (χ1) is 10.4. The molecule has 114 valence electrons. The molecule has 0 saturated carbocycles. The Kier molecular flexibility index (Phi) is 5.24. The molecule has 0 unspecified atom stereocenters. The van der Waals surface area contributed by atoms with Crippen LogP contribution in [0.3, 0.4) is 0 Å². The van der Waals surface area contributed by atoms with Gasteiger partial charge in [0.25, 0.3) is 5.91 Å². The summed E-state index contributed by atoms with van der Waals surface area (Å²) in [6.45, 7) is 0. The zero-order valence-electron chi connectivity index (χ0n) is 10.8. The minimum Gasteiger partial charge on any atom is -0.506 e. The van der Waals surface area contributed by atoms with Crippen molar-refractivity contribution in [3.05, 3.63) is 62.3 Å². The molecule has 0 fully saturated rings. The number of benzene rings is 2. The number of amides is 1. The first kappa shape index (κ1) is 16.5. The molecule has 2 aromatic carbocycles. The van der Waals surface area contributed by atoms with Crippen LogP contribution in [0.2, 0.25) is 15.1 Å². The maximum Gasteiger partial charge on any atom is 0.275 e. The Hall–Kier alpha value is -1.82. The lowest BCUT2D eigenvalue weighted by Gasteiger charge is -2.05. The van der Waals surface area contributed by atoms with Gasteiger partial charge < -0.3 is 5.11 Å². The van der Waals surface area contributed by atoms with E-state index in [4.69, 9.17) is 34.8 Å². The maximum absolute atomic E-state index is 13.5. The lowest BCUT2D eigenvalue weighted by molar-refractivity contribution is 0.0952. The fraction of sp³-hybridized carbons (Fsp3) is 0. The van der Waals surface area contributed by atoms with Gasteiger partial charge in [0.1, 0.15) is 11.6 Å². The van der Waals surface area contributed by atoms with E-state index in [1.807, 2.05) is 0 Å². The van der Waals surface area contributed by atoms with Gasteiger partial charge in [0.15, 0.2) is 0 Å². The SMILES string of the molecule is O=C(N/N=C/c1c(F)cccc1Cl)c1cc(Cl)cc(Cl)c1O. The van der Waals surface area contributed by atoms with Crippen molar-refractivity contribution in [1.82, 2.24) is 5.43 Å². The number of hydrazone groups is 1. The minimum atomic E-state index is -0.759. The Morgan fingerprint density at radius 2 is 1.95 bits per heavy atom. The summed E-state index contributed by atoms with van der Waals surface area (Å²) in [7, 11) is 0. The van der Waals surface area contributed by atoms with Crippen LogP contribution in [0.5, 0.6) is 5.75 Å². The van der Waals surface area contributed by atoms with Crippen LogP contribution in [0.4, 0.5) is 4.39 Å². The molecule has 0 atom stereocenters. The zero-order valence-corrected chi connectivity index (χ0v) is 13.0. The molecule has 2 aromatic rings. The Morgan fingerprint density at radius 3 is 2.64 bits per heavy atom. The zero-order chi connectivity index (χ0) is 16.3. The smallest absolute Gasteiger partial charge is 0.275 e. The Morgan fingerprint density at radius 1 is 1.23 bits per heavy atom. The lowest BCUT2D eigenvalue weighted by atomic mass is 10.2. The van der Waals surface area contributed by atoms with Gasteiger partial charge in [-0.1, -0.05) is 40.9 Å². The summed E-state index contributed by atoms with van der Waals surface area (Å²) in [5, 5.41) is 13.6. The van der Waals surface area contributed by atoms with Crippen LogP contribution in [0.15, 0.2) is 35.4 Å². The Labute approximate surface area is 140 Å². The van der Waals surface area contributed by atoms with Gasteiger partial charge in [-0.2, -0.15) is 5.10 Å². The number of aromatic hydroxyl groups is 1. The molecule has 0 saturated heterocycles. The summed E-state index contributed by atoms with van der Waals surface area (Å²) >= 11 is 17.3. The van der Waals surface area contributed by atoms with E-state index in [2.05, 4.69) is 10.5 Å². The molecular formula is C14H8Cl3FN2O2. The number of nitrogens with zero attached hydrogens (tertiary/aromatic N) is 1. The topological polar surface area (TPSA) is 61.7 Å². The van der Waals surface area contributed by atoms with Crippen molar-refractivity contribution >= 4 is 46.9 Å². The van der Waals surface area contributed by atoms with Gasteiger partial charge in [-0.05, 0) is 24.3 Å². The number of phenols is 1. The highest BCUT2D eigenvalue weighted by Gasteiger charge is 2.15. The van der Waals surface area contributed by atoms with E-state index >= 15 is 0 Å². The summed E-state index contributed by atoms with van der Waals surface area (Å²) in [6.07, 6.45) is 1.05. The minimum absolute atomic E-state index is 0.0258. The molecule has 0 bridgehead atoms. The highest BCUT2D eigenvalue weighted by molar-refractivity contribution is 6.36. The molecule has 22 heavy (non-hydrogen) atoms. The van der Waals surface area contributed by atoms with Gasteiger partial charge in [-0.3, -0.25) is 4.79 Å². The number of phenolic OH excluding ortho intramolecular Hbond substituents is 1. The summed E-state index contributed by atoms with van der Waals surface area (Å²) in [4.78, 5) is 11.9. The highest BCUT2D eigenvalue weighted by atomic mass is 35.5. The number of rotatable bonds is 3. The number of hydrogen-bond donors (Lipinski definition) is 2. The molecule has 0 aliphatic rings. The Balaban J connectivity index is 2.19. The fourth-order valence-electron chi connectivity index (χ4n) is 1.59. The molecule has 0 heterocycles. The number of halogens is 4. The van der Waals surface area contributed by atoms with Crippen molar-refractivity contribution in [3.8, 4) is 5.75 Å². The molecule has 0 aromatic heterocycles. The van der Waals surface area contributed by atoms with Crippen LogP contribution in [0.25, 0.3) is 0 Å². The summed E-state index contributed by atoms with van der Waals surface area (Å²) in [5.41, 5.74) is 1.99. The molecule has 0 spiro atoms. The largest absolute Gasteiger partial charge is 0.506 e. The second-order valence-corrected chi connectivity index (χ2v) is 5.37. The average molecular weight is 362 g/mol. The van der Waals surface area contributed by atoms with E-state index in [1.54, 1.807) is 0 Å². The van der Waals surface area contributed by atoms with Gasteiger partial charge in [-0.15, -0.1) is 0 Å². The van der Waals surface area contributed by atoms with Crippen LogP contribution in [-0.4, -0.2) is 17.2 Å². The predicted octanol–water partition coefficient (Wildman–Crippen LogP) is 4.26. The quantitative estimate of drug-likeness (QED) is 0.634. The van der Waals surface area contributed by atoms with Gasteiger partial charge >= 0.3 is 0 Å². The Bertz CT molecular complexity index is 746. The van der Waals surface area contributed by atoms with Gasteiger partial charge in [0, 0.05) is 10.6 Å². The third-order valence-corrected chi connectivity index (χ3v) is 3.47. The molecular weight excluding hydrogens is 354 g/mol. The molecule has 0 radical (unpaired) electrons. The van der Waals surface area contributed by atoms with Crippen molar-refractivity contribution in [1.29, 1.82) is 0 Å². The van der Waals surface area contributed by atoms with Crippen molar-refractivity contribution in [2.75, 3.05) is 0 Å². The normalized spacial score (nSPS) is 10.9. The molecule has 0 aliphatic heterocycles. The standard InChI is InChI=1S/C14H8Cl3FN2O2/c15-7-4-8(13(21)11(17)5-7)14(22)20-19-6-9-10(16)2-1-3-12(9)18/h1-6,21H,(H,20,22)/b19-6+. The summed E-state index contributed by atoms with van der Waals surface area (Å²) in [5.74, 6) is -1.77. The van der Waals surface area contributed by atoms with E-state index in [-0.39, 0.29) is 26.2 Å². The predicted molar refractivity (Wildman–Crippen MR) is 84.6 cm³/mol. The van der Waals surface area contributed by atoms with Crippen LogP contribution in [0, 0.1) is 5.82 Å². The van der Waals surface area contributed by atoms with E-state index in [0.29, 0.717) is 0 Å². The second-order valence-electron chi connectivity index (χ2n) is 4.12. The molecule has 2 rings (SSSR count). The summed E-state index contributed by atoms with van der Waals surface area (Å²) in [6, 6.07) is 6.65. The van der Waals surface area contributed by atoms with Gasteiger partial charge in [-0.25, -0.2) is 9.82 Å². The maximum atomic E-state index is 13.5. The van der Waals surface area contributed by atoms with E-state index in [0.717, 1.165) is 6.21 Å². The average Bonchev–Trinajstić information content (AvgIpc) is 2.45. The van der Waals surface area contributed by atoms with E-state index in [1.165, 1.54) is 30.3 Å². The van der Waals surface area contributed by atoms with Gasteiger partial charge in [0.2, 0.25) is 0 Å². The van der Waals surface area contributed by atoms with Gasteiger partial charge in [0.05, 0.1) is 21.8 Å². The molecule has 0 aliphatic carbocycles. The van der Waals surface area contributed by atoms with E-state index in [9.17, 15) is 14.3 Å². The first-order valence-corrected chi connectivity index (χ1v) is 6.99. The van der Waals surface area contributed by atoms with Crippen molar-refractivity contribution in [2.45, 2.75) is 0 Å². The van der Waals surface area contributed by atoms with Crippen molar-refractivity contribution in [3.63, 3.8) is 0 Å². The molecule has 1 amide bonds.